The molecule has 1 aromatic carbocycles. The Morgan fingerprint density at radius 1 is 0.969 bits per heavy atom. The van der Waals surface area contributed by atoms with E-state index < -0.39 is 18.4 Å². The Hall–Kier alpha value is -3.75. The molecule has 0 bridgehead atoms. The van der Waals surface area contributed by atoms with Crippen molar-refractivity contribution in [3.8, 4) is 17.2 Å². The Morgan fingerprint density at radius 2 is 1.62 bits per heavy atom. The minimum atomic E-state index is -0.695. The van der Waals surface area contributed by atoms with Gasteiger partial charge in [0.2, 0.25) is 5.78 Å². The number of Topliss-reactive ketones (excluding diaryl/α,β-unsaturated/α-hetero) is 1. The fourth-order valence-corrected chi connectivity index (χ4v) is 3.38. The van der Waals surface area contributed by atoms with Crippen LogP contribution in [-0.4, -0.2) is 68.6 Å². The number of esters is 1. The van der Waals surface area contributed by atoms with Gasteiger partial charge < -0.3 is 28.8 Å². The van der Waals surface area contributed by atoms with Gasteiger partial charge in [-0.1, -0.05) is 0 Å². The van der Waals surface area contributed by atoms with Crippen molar-refractivity contribution in [1.82, 2.24) is 9.88 Å². The first kappa shape index (κ1) is 22.9. The molecule has 0 atom stereocenters. The van der Waals surface area contributed by atoms with Crippen molar-refractivity contribution >= 4 is 23.7 Å². The Labute approximate surface area is 185 Å². The smallest absolute Gasteiger partial charge is 0.331 e. The molecule has 0 unspecified atom stereocenters. The van der Waals surface area contributed by atoms with Crippen LogP contribution in [0.5, 0.6) is 17.2 Å². The van der Waals surface area contributed by atoms with Crippen molar-refractivity contribution in [2.24, 2.45) is 0 Å². The molecule has 2 aromatic rings. The van der Waals surface area contributed by atoms with Crippen molar-refractivity contribution in [3.63, 3.8) is 0 Å². The third-order valence-electron chi connectivity index (χ3n) is 5.11. The highest BCUT2D eigenvalue weighted by molar-refractivity contribution is 6.02. The fraction of sp³-hybridized carbons (Fsp3) is 0.348. The zero-order valence-corrected chi connectivity index (χ0v) is 18.3. The van der Waals surface area contributed by atoms with Gasteiger partial charge in [0.1, 0.15) is 11.4 Å². The average molecular weight is 442 g/mol. The van der Waals surface area contributed by atoms with Crippen LogP contribution in [0.15, 0.2) is 30.5 Å². The predicted molar refractivity (Wildman–Crippen MR) is 116 cm³/mol. The van der Waals surface area contributed by atoms with Crippen LogP contribution in [0.25, 0.3) is 6.08 Å². The van der Waals surface area contributed by atoms with E-state index in [4.69, 9.17) is 18.9 Å². The lowest BCUT2D eigenvalue weighted by Gasteiger charge is -2.13. The van der Waals surface area contributed by atoms with Gasteiger partial charge in [0, 0.05) is 42.6 Å². The van der Waals surface area contributed by atoms with E-state index in [1.165, 1.54) is 45.7 Å². The molecule has 1 aromatic heterocycles. The van der Waals surface area contributed by atoms with Gasteiger partial charge in [-0.3, -0.25) is 9.59 Å². The van der Waals surface area contributed by atoms with Gasteiger partial charge in [0.25, 0.3) is 5.91 Å². The van der Waals surface area contributed by atoms with Gasteiger partial charge in [-0.25, -0.2) is 4.79 Å². The number of ketones is 1. The zero-order valence-electron chi connectivity index (χ0n) is 18.3. The lowest BCUT2D eigenvalue weighted by molar-refractivity contribution is -0.136. The number of hydrogen-bond acceptors (Lipinski definition) is 7. The summed E-state index contributed by atoms with van der Waals surface area (Å²) in [7, 11) is 4.51. The number of H-pyrrole nitrogens is 1. The van der Waals surface area contributed by atoms with Crippen molar-refractivity contribution < 1.29 is 33.3 Å². The molecule has 0 saturated carbocycles. The molecule has 170 valence electrons. The number of rotatable bonds is 9. The van der Waals surface area contributed by atoms with Gasteiger partial charge in [-0.2, -0.15) is 0 Å². The largest absolute Gasteiger partial charge is 0.496 e. The molecule has 1 aliphatic heterocycles. The Bertz CT molecular complexity index is 1020. The van der Waals surface area contributed by atoms with Crippen LogP contribution in [0.4, 0.5) is 0 Å². The summed E-state index contributed by atoms with van der Waals surface area (Å²) in [5.41, 5.74) is 1.21. The molecule has 2 heterocycles. The minimum absolute atomic E-state index is 0.134. The summed E-state index contributed by atoms with van der Waals surface area (Å²) in [6.45, 7) is 0.993. The van der Waals surface area contributed by atoms with E-state index in [1.807, 2.05) is 0 Å². The third kappa shape index (κ3) is 5.29. The van der Waals surface area contributed by atoms with Crippen molar-refractivity contribution in [3.05, 3.63) is 47.3 Å². The van der Waals surface area contributed by atoms with E-state index in [9.17, 15) is 14.4 Å². The molecule has 1 fully saturated rings. The number of methoxy groups -OCH3 is 3. The molecular weight excluding hydrogens is 416 g/mol. The molecule has 1 amide bonds. The van der Waals surface area contributed by atoms with Crippen LogP contribution in [0.3, 0.4) is 0 Å². The molecule has 3 rings (SSSR count). The highest BCUT2D eigenvalue weighted by Gasteiger charge is 2.22. The van der Waals surface area contributed by atoms with Crippen LogP contribution in [0.2, 0.25) is 0 Å². The molecule has 1 saturated heterocycles. The number of aromatic amines is 1. The maximum atomic E-state index is 12.4. The van der Waals surface area contributed by atoms with Crippen LogP contribution in [0, 0.1) is 0 Å². The number of carbonyl (C=O) groups is 3. The van der Waals surface area contributed by atoms with E-state index in [2.05, 4.69) is 4.98 Å². The fourth-order valence-electron chi connectivity index (χ4n) is 3.38. The molecule has 32 heavy (non-hydrogen) atoms. The van der Waals surface area contributed by atoms with Crippen molar-refractivity contribution in [2.75, 3.05) is 41.0 Å². The summed E-state index contributed by atoms with van der Waals surface area (Å²) in [5.74, 6) is 0.203. The Morgan fingerprint density at radius 3 is 2.28 bits per heavy atom. The monoisotopic (exact) mass is 442 g/mol. The van der Waals surface area contributed by atoms with E-state index in [0.717, 1.165) is 25.9 Å². The molecule has 0 spiro atoms. The minimum Gasteiger partial charge on any atom is -0.496 e. The van der Waals surface area contributed by atoms with E-state index in [0.29, 0.717) is 28.5 Å². The second kappa shape index (κ2) is 10.5. The molecule has 0 aliphatic carbocycles. The number of nitrogens with zero attached hydrogens (tertiary/aromatic N) is 1. The van der Waals surface area contributed by atoms with Crippen molar-refractivity contribution in [2.45, 2.75) is 12.8 Å². The van der Waals surface area contributed by atoms with Gasteiger partial charge in [-0.15, -0.1) is 0 Å². The number of amides is 1. The first-order valence-electron chi connectivity index (χ1n) is 10.1. The molecule has 9 heteroatoms. The van der Waals surface area contributed by atoms with Gasteiger partial charge in [-0.05, 0) is 31.1 Å². The van der Waals surface area contributed by atoms with Gasteiger partial charge in [0.15, 0.2) is 18.1 Å². The number of benzene rings is 1. The molecular formula is C23H26N2O7. The molecule has 0 radical (unpaired) electrons. The van der Waals surface area contributed by atoms with E-state index >= 15 is 0 Å². The highest BCUT2D eigenvalue weighted by Crippen LogP contribution is 2.35. The summed E-state index contributed by atoms with van der Waals surface area (Å²) in [4.78, 5) is 41.4. The third-order valence-corrected chi connectivity index (χ3v) is 5.11. The molecule has 1 aliphatic rings. The summed E-state index contributed by atoms with van der Waals surface area (Å²) in [5, 5.41) is 0. The van der Waals surface area contributed by atoms with Gasteiger partial charge in [0.05, 0.1) is 21.3 Å². The molecule has 9 nitrogen and oxygen atoms in total. The SMILES string of the molecule is COc1cc(OC)c(OC)cc1/C=C/C(=O)OCC(=O)c1c[nH]c(C(=O)N2CCCC2)c1. The standard InChI is InChI=1S/C23H26N2O7/c1-29-19-12-21(31-3)20(30-2)11-15(19)6-7-22(27)32-14-18(26)16-10-17(24-13-16)23(28)25-8-4-5-9-25/h6-7,10-13,24H,4-5,8-9,14H2,1-3H3/b7-6+. The van der Waals surface area contributed by atoms with E-state index in [1.54, 1.807) is 17.0 Å². The van der Waals surface area contributed by atoms with Crippen LogP contribution >= 0.6 is 0 Å². The second-order valence-corrected chi connectivity index (χ2v) is 7.11. The number of ether oxygens (including phenoxy) is 4. The maximum absolute atomic E-state index is 12.4. The summed E-state index contributed by atoms with van der Waals surface area (Å²) in [6, 6.07) is 4.78. The first-order chi connectivity index (χ1) is 15.5. The highest BCUT2D eigenvalue weighted by atomic mass is 16.5. The van der Waals surface area contributed by atoms with Gasteiger partial charge >= 0.3 is 5.97 Å². The lowest BCUT2D eigenvalue weighted by atomic mass is 10.1. The van der Waals surface area contributed by atoms with Crippen molar-refractivity contribution in [1.29, 1.82) is 0 Å². The topological polar surface area (TPSA) is 107 Å². The number of carbonyl (C=O) groups excluding carboxylic acids is 3. The van der Waals surface area contributed by atoms with Crippen LogP contribution in [0.1, 0.15) is 39.3 Å². The summed E-state index contributed by atoms with van der Waals surface area (Å²) >= 11 is 0. The second-order valence-electron chi connectivity index (χ2n) is 7.11. The predicted octanol–water partition coefficient (Wildman–Crippen LogP) is 2.72. The quantitative estimate of drug-likeness (QED) is 0.361. The summed E-state index contributed by atoms with van der Waals surface area (Å²) in [6.07, 6.45) is 6.10. The number of hydrogen-bond donors (Lipinski definition) is 1. The van der Waals surface area contributed by atoms with Crippen LogP contribution in [-0.2, 0) is 9.53 Å². The van der Waals surface area contributed by atoms with E-state index in [-0.39, 0.29) is 11.5 Å². The van der Waals surface area contributed by atoms with Crippen LogP contribution < -0.4 is 14.2 Å². The number of likely N-dealkylation sites (tertiary alicyclic amines) is 1. The summed E-state index contributed by atoms with van der Waals surface area (Å²) < 4.78 is 20.8. The Kier molecular flexibility index (Phi) is 7.54. The normalized spacial score (nSPS) is 13.3. The number of aromatic nitrogens is 1. The maximum Gasteiger partial charge on any atom is 0.331 e. The molecule has 1 N–H and O–H groups in total. The zero-order chi connectivity index (χ0) is 23.1. The lowest BCUT2D eigenvalue weighted by Crippen LogP contribution is -2.27. The first-order valence-corrected chi connectivity index (χ1v) is 10.1. The number of nitrogens with one attached hydrogen (secondary N) is 1. The Balaban J connectivity index is 1.58. The average Bonchev–Trinajstić information content (AvgIpc) is 3.52.